The number of aromatic nitrogens is 3. The molecular formula is C29H41F2N7O4S. The largest absolute Gasteiger partial charge is 0.379 e. The van der Waals surface area contributed by atoms with Crippen molar-refractivity contribution in [2.45, 2.75) is 76.8 Å². The van der Waals surface area contributed by atoms with Crippen LogP contribution in [-0.4, -0.2) is 93.6 Å². The minimum Gasteiger partial charge on any atom is -0.379 e. The van der Waals surface area contributed by atoms with Gasteiger partial charge in [0.05, 0.1) is 33.4 Å². The average molecular weight is 627 g/mol. The van der Waals surface area contributed by atoms with Crippen molar-refractivity contribution in [3.05, 3.63) is 29.0 Å². The lowest BCUT2D eigenvalue weighted by Gasteiger charge is -2.40. The van der Waals surface area contributed by atoms with Gasteiger partial charge in [-0.2, -0.15) is 5.10 Å². The SMILES string of the molecule is [2H]C([2H])([2H])C([2H])([2H])n1nccc1C(=O)N[C@H](C(=O)Nc1ncc([C@@H](CN2CCOCC2)N2CC(F)(F)CCC2=O)s1)C1CCC(C)CC1. The highest BCUT2D eigenvalue weighted by atomic mass is 32.1. The van der Waals surface area contributed by atoms with Crippen LogP contribution in [0.4, 0.5) is 13.9 Å². The number of alkyl halides is 2. The van der Waals surface area contributed by atoms with E-state index in [1.54, 1.807) is 0 Å². The van der Waals surface area contributed by atoms with Crippen molar-refractivity contribution in [3.63, 3.8) is 0 Å². The maximum Gasteiger partial charge on any atom is 0.270 e. The number of nitrogens with zero attached hydrogens (tertiary/aromatic N) is 5. The summed E-state index contributed by atoms with van der Waals surface area (Å²) in [5, 5.41) is 9.38. The lowest BCUT2D eigenvalue weighted by atomic mass is 9.79. The summed E-state index contributed by atoms with van der Waals surface area (Å²) in [5.74, 6) is -4.70. The fourth-order valence-electron chi connectivity index (χ4n) is 5.98. The van der Waals surface area contributed by atoms with Crippen LogP contribution < -0.4 is 10.6 Å². The second-order valence-corrected chi connectivity index (χ2v) is 12.6. The molecule has 2 atom stereocenters. The van der Waals surface area contributed by atoms with E-state index < -0.39 is 56.1 Å². The molecule has 1 saturated carbocycles. The number of nitrogens with one attached hydrogen (secondary N) is 2. The van der Waals surface area contributed by atoms with Gasteiger partial charge in [0.1, 0.15) is 11.7 Å². The number of aryl methyl sites for hydroxylation is 1. The minimum absolute atomic E-state index is 0.158. The zero-order valence-electron chi connectivity index (χ0n) is 29.1. The highest BCUT2D eigenvalue weighted by Crippen LogP contribution is 2.37. The lowest BCUT2D eigenvalue weighted by Crippen LogP contribution is -2.51. The number of rotatable bonds is 10. The van der Waals surface area contributed by atoms with Crippen LogP contribution >= 0.6 is 11.3 Å². The molecule has 2 aliphatic heterocycles. The zero-order chi connectivity index (χ0) is 34.9. The molecule has 2 aromatic rings. The van der Waals surface area contributed by atoms with Gasteiger partial charge >= 0.3 is 0 Å². The molecule has 3 aliphatic rings. The van der Waals surface area contributed by atoms with Gasteiger partial charge < -0.3 is 20.3 Å². The van der Waals surface area contributed by atoms with Gasteiger partial charge in [0.15, 0.2) is 5.13 Å². The Morgan fingerprint density at radius 2 is 2.05 bits per heavy atom. The van der Waals surface area contributed by atoms with Gasteiger partial charge in [-0.1, -0.05) is 31.1 Å². The monoisotopic (exact) mass is 626 g/mol. The number of amides is 3. The molecule has 14 heteroatoms. The van der Waals surface area contributed by atoms with Gasteiger partial charge in [0.25, 0.3) is 11.8 Å². The molecule has 4 heterocycles. The second-order valence-electron chi connectivity index (χ2n) is 11.6. The summed E-state index contributed by atoms with van der Waals surface area (Å²) >= 11 is 1.06. The van der Waals surface area contributed by atoms with E-state index in [1.165, 1.54) is 17.2 Å². The molecule has 11 nitrogen and oxygen atoms in total. The molecular weight excluding hydrogens is 580 g/mol. The number of likely N-dealkylation sites (tertiary alicyclic amines) is 1. The third-order valence-electron chi connectivity index (χ3n) is 8.50. The van der Waals surface area contributed by atoms with Crippen LogP contribution in [0.15, 0.2) is 18.5 Å². The topological polar surface area (TPSA) is 122 Å². The van der Waals surface area contributed by atoms with Gasteiger partial charge in [-0.3, -0.25) is 24.0 Å². The van der Waals surface area contributed by atoms with E-state index in [4.69, 9.17) is 11.6 Å². The molecule has 0 aromatic carbocycles. The first-order valence-corrected chi connectivity index (χ1v) is 15.5. The van der Waals surface area contributed by atoms with Crippen molar-refractivity contribution >= 4 is 34.2 Å². The maximum absolute atomic E-state index is 14.5. The van der Waals surface area contributed by atoms with E-state index in [2.05, 4.69) is 27.6 Å². The molecule has 2 saturated heterocycles. The summed E-state index contributed by atoms with van der Waals surface area (Å²) in [5.41, 5.74) is -0.358. The van der Waals surface area contributed by atoms with Gasteiger partial charge in [0, 0.05) is 55.5 Å². The van der Waals surface area contributed by atoms with Crippen molar-refractivity contribution in [1.29, 1.82) is 0 Å². The van der Waals surface area contributed by atoms with Gasteiger partial charge in [-0.15, -0.1) is 0 Å². The maximum atomic E-state index is 14.5. The van der Waals surface area contributed by atoms with E-state index in [0.29, 0.717) is 54.6 Å². The molecule has 1 aliphatic carbocycles. The summed E-state index contributed by atoms with van der Waals surface area (Å²) in [6.07, 6.45) is 4.70. The molecule has 0 unspecified atom stereocenters. The Hall–Kier alpha value is -2.97. The molecule has 0 spiro atoms. The molecule has 2 aromatic heterocycles. The molecule has 43 heavy (non-hydrogen) atoms. The number of anilines is 1. The van der Waals surface area contributed by atoms with E-state index in [9.17, 15) is 23.2 Å². The summed E-state index contributed by atoms with van der Waals surface area (Å²) in [6, 6.07) is -0.621. The number of hydrogen-bond acceptors (Lipinski definition) is 8. The third-order valence-corrected chi connectivity index (χ3v) is 9.52. The Kier molecular flexibility index (Phi) is 8.12. The van der Waals surface area contributed by atoms with Crippen LogP contribution in [0.3, 0.4) is 0 Å². The number of thiazole rings is 1. The van der Waals surface area contributed by atoms with Crippen molar-refractivity contribution in [1.82, 2.24) is 29.9 Å². The lowest BCUT2D eigenvalue weighted by molar-refractivity contribution is -0.152. The fourth-order valence-corrected chi connectivity index (χ4v) is 6.91. The average Bonchev–Trinajstić information content (AvgIpc) is 3.71. The van der Waals surface area contributed by atoms with Crippen LogP contribution in [-0.2, 0) is 20.8 Å². The number of piperidine rings is 1. The predicted octanol–water partition coefficient (Wildman–Crippen LogP) is 3.55. The van der Waals surface area contributed by atoms with Crippen LogP contribution in [0.25, 0.3) is 0 Å². The Balaban J connectivity index is 1.37. The fraction of sp³-hybridized carbons (Fsp3) is 0.690. The zero-order valence-corrected chi connectivity index (χ0v) is 24.9. The molecule has 5 rings (SSSR count). The highest BCUT2D eigenvalue weighted by Gasteiger charge is 2.43. The summed E-state index contributed by atoms with van der Waals surface area (Å²) in [4.78, 5) is 48.4. The summed E-state index contributed by atoms with van der Waals surface area (Å²) in [7, 11) is 0. The van der Waals surface area contributed by atoms with Crippen LogP contribution in [0.2, 0.25) is 0 Å². The van der Waals surface area contributed by atoms with Crippen LogP contribution in [0, 0.1) is 11.8 Å². The van der Waals surface area contributed by atoms with Gasteiger partial charge in [-0.25, -0.2) is 13.8 Å². The molecule has 2 N–H and O–H groups in total. The van der Waals surface area contributed by atoms with Crippen molar-refractivity contribution in [2.24, 2.45) is 11.8 Å². The quantitative estimate of drug-likeness (QED) is 0.414. The third kappa shape index (κ3) is 7.76. The number of ether oxygens (including phenoxy) is 1. The van der Waals surface area contributed by atoms with Gasteiger partial charge in [-0.05, 0) is 37.6 Å². The Bertz CT molecular complexity index is 1460. The van der Waals surface area contributed by atoms with Crippen molar-refractivity contribution in [2.75, 3.05) is 44.7 Å². The number of hydrogen-bond donors (Lipinski definition) is 2. The van der Waals surface area contributed by atoms with E-state index in [0.717, 1.165) is 30.4 Å². The number of carbonyl (C=O) groups excluding carboxylic acids is 3. The normalized spacial score (nSPS) is 26.7. The molecule has 3 fully saturated rings. The molecule has 0 bridgehead atoms. The minimum atomic E-state index is -3.12. The van der Waals surface area contributed by atoms with Crippen molar-refractivity contribution < 1.29 is 34.8 Å². The first-order valence-electron chi connectivity index (χ1n) is 17.1. The second kappa shape index (κ2) is 13.8. The first-order chi connectivity index (χ1) is 22.6. The van der Waals surface area contributed by atoms with E-state index >= 15 is 0 Å². The molecule has 3 amide bonds. The standard InChI is InChI=1S/C29H41F2N7O4S/c1-3-38-21(9-11-33-38)26(40)34-25(20-6-4-19(2)5-7-20)27(41)35-28-32-16-23(43-28)22(17-36-12-14-42-15-13-36)37-18-29(30,31)10-8-24(37)39/h9,11,16,19-20,22,25H,3-8,10,12-15,17-18H2,1-2H3,(H,34,40)(H,32,35,41)/t19?,20?,22-,25+/m1/s1/i1D3,3D2. The van der Waals surface area contributed by atoms with Gasteiger partial charge in [0.2, 0.25) is 11.8 Å². The number of halogens is 2. The van der Waals surface area contributed by atoms with E-state index in [-0.39, 0.29) is 35.6 Å². The van der Waals surface area contributed by atoms with E-state index in [1.807, 2.05) is 4.90 Å². The highest BCUT2D eigenvalue weighted by molar-refractivity contribution is 7.15. The summed E-state index contributed by atoms with van der Waals surface area (Å²) in [6.45, 7) is -2.33. The number of carbonyl (C=O) groups is 3. The number of morpholine rings is 1. The first kappa shape index (κ1) is 25.4. The van der Waals surface area contributed by atoms with Crippen molar-refractivity contribution in [3.8, 4) is 0 Å². The Morgan fingerprint density at radius 1 is 1.28 bits per heavy atom. The smallest absolute Gasteiger partial charge is 0.270 e. The Morgan fingerprint density at radius 3 is 2.79 bits per heavy atom. The van der Waals surface area contributed by atoms with Crippen LogP contribution in [0.1, 0.15) is 80.6 Å². The predicted molar refractivity (Wildman–Crippen MR) is 157 cm³/mol. The Labute approximate surface area is 261 Å². The molecule has 236 valence electrons. The molecule has 0 radical (unpaired) electrons. The van der Waals surface area contributed by atoms with Crippen LogP contribution in [0.5, 0.6) is 0 Å². The summed E-state index contributed by atoms with van der Waals surface area (Å²) < 4.78 is 73.9.